The predicted octanol–water partition coefficient (Wildman–Crippen LogP) is 1.57. The topological polar surface area (TPSA) is 50.7 Å². The van der Waals surface area contributed by atoms with E-state index in [-0.39, 0.29) is 10.8 Å². The first-order valence-corrected chi connectivity index (χ1v) is 4.26. The highest BCUT2D eigenvalue weighted by molar-refractivity contribution is 6.41. The van der Waals surface area contributed by atoms with Crippen molar-refractivity contribution in [1.29, 1.82) is 0 Å². The molecule has 2 rings (SSSR count). The normalized spacial score (nSPS) is 11.0. The summed E-state index contributed by atoms with van der Waals surface area (Å²) in [6.07, 6.45) is 0. The molecule has 0 unspecified atom stereocenters. The zero-order chi connectivity index (χ0) is 9.59. The number of aromatic amines is 1. The number of imidazole rings is 1. The molecule has 0 saturated carbocycles. The fourth-order valence-corrected chi connectivity index (χ4v) is 1.39. The van der Waals surface area contributed by atoms with Crippen LogP contribution in [0.2, 0.25) is 10.2 Å². The standard InChI is InChI=1S/C7H5Cl2N3O/c1-12-6-4(10-7(12)13)2-3(8)5(9)11-6/h2H,1H3,(H,10,13). The Balaban J connectivity index is 2.97. The van der Waals surface area contributed by atoms with Crippen LogP contribution < -0.4 is 5.69 Å². The van der Waals surface area contributed by atoms with Gasteiger partial charge in [0.2, 0.25) is 0 Å². The molecule has 1 N–H and O–H groups in total. The SMILES string of the molecule is Cn1c(=O)[nH]c2cc(Cl)c(Cl)nc21. The number of halogens is 2. The number of aromatic nitrogens is 3. The maximum Gasteiger partial charge on any atom is 0.327 e. The lowest BCUT2D eigenvalue weighted by Gasteiger charge is -1.95. The second kappa shape index (κ2) is 2.75. The molecule has 68 valence electrons. The van der Waals surface area contributed by atoms with E-state index in [1.54, 1.807) is 13.1 Å². The maximum atomic E-state index is 11.1. The van der Waals surface area contributed by atoms with Crippen LogP contribution in [-0.2, 0) is 7.05 Å². The van der Waals surface area contributed by atoms with Crippen LogP contribution in [-0.4, -0.2) is 14.5 Å². The Bertz CT molecular complexity index is 528. The summed E-state index contributed by atoms with van der Waals surface area (Å²) in [6.45, 7) is 0. The fourth-order valence-electron chi connectivity index (χ4n) is 1.10. The molecule has 4 nitrogen and oxygen atoms in total. The lowest BCUT2D eigenvalue weighted by atomic mass is 10.4. The molecule has 0 atom stereocenters. The van der Waals surface area contributed by atoms with Crippen molar-refractivity contribution in [3.8, 4) is 0 Å². The van der Waals surface area contributed by atoms with Crippen molar-refractivity contribution in [3.05, 3.63) is 26.7 Å². The molecule has 2 aromatic rings. The molecule has 0 bridgehead atoms. The Kier molecular flexibility index (Phi) is 1.82. The van der Waals surface area contributed by atoms with E-state index in [0.717, 1.165) is 0 Å². The van der Waals surface area contributed by atoms with Crippen molar-refractivity contribution in [1.82, 2.24) is 14.5 Å². The van der Waals surface area contributed by atoms with E-state index >= 15 is 0 Å². The van der Waals surface area contributed by atoms with Gasteiger partial charge < -0.3 is 4.98 Å². The van der Waals surface area contributed by atoms with Gasteiger partial charge in [0.1, 0.15) is 5.15 Å². The number of pyridine rings is 1. The van der Waals surface area contributed by atoms with E-state index < -0.39 is 0 Å². The van der Waals surface area contributed by atoms with E-state index in [2.05, 4.69) is 9.97 Å². The van der Waals surface area contributed by atoms with Gasteiger partial charge in [-0.1, -0.05) is 23.2 Å². The molecule has 0 radical (unpaired) electrons. The maximum absolute atomic E-state index is 11.1. The molecule has 0 saturated heterocycles. The third kappa shape index (κ3) is 1.22. The van der Waals surface area contributed by atoms with Crippen LogP contribution in [0.5, 0.6) is 0 Å². The van der Waals surface area contributed by atoms with Gasteiger partial charge in [-0.05, 0) is 6.07 Å². The Hall–Kier alpha value is -1.00. The molecule has 0 aliphatic carbocycles. The molecule has 2 heterocycles. The van der Waals surface area contributed by atoms with Gasteiger partial charge in [0.25, 0.3) is 0 Å². The van der Waals surface area contributed by atoms with Gasteiger partial charge in [-0.15, -0.1) is 0 Å². The highest BCUT2D eigenvalue weighted by atomic mass is 35.5. The van der Waals surface area contributed by atoms with E-state index in [1.165, 1.54) is 4.57 Å². The third-order valence-corrected chi connectivity index (χ3v) is 2.45. The summed E-state index contributed by atoms with van der Waals surface area (Å²) < 4.78 is 1.37. The first kappa shape index (κ1) is 8.59. The van der Waals surface area contributed by atoms with Crippen molar-refractivity contribution in [2.75, 3.05) is 0 Å². The molecule has 13 heavy (non-hydrogen) atoms. The van der Waals surface area contributed by atoms with Crippen LogP contribution in [0.15, 0.2) is 10.9 Å². The van der Waals surface area contributed by atoms with E-state index in [1.807, 2.05) is 0 Å². The monoisotopic (exact) mass is 217 g/mol. The lowest BCUT2D eigenvalue weighted by Crippen LogP contribution is -2.12. The minimum Gasteiger partial charge on any atom is -0.304 e. The zero-order valence-corrected chi connectivity index (χ0v) is 8.15. The summed E-state index contributed by atoms with van der Waals surface area (Å²) in [5, 5.41) is 0.528. The molecule has 0 spiro atoms. The summed E-state index contributed by atoms with van der Waals surface area (Å²) in [7, 11) is 1.61. The fraction of sp³-hybridized carbons (Fsp3) is 0.143. The van der Waals surface area contributed by atoms with Gasteiger partial charge in [-0.2, -0.15) is 0 Å². The van der Waals surface area contributed by atoms with E-state index in [0.29, 0.717) is 16.2 Å². The number of nitrogens with zero attached hydrogens (tertiary/aromatic N) is 2. The van der Waals surface area contributed by atoms with E-state index in [4.69, 9.17) is 23.2 Å². The Morgan fingerprint density at radius 3 is 2.92 bits per heavy atom. The largest absolute Gasteiger partial charge is 0.327 e. The summed E-state index contributed by atoms with van der Waals surface area (Å²) in [6, 6.07) is 1.58. The van der Waals surface area contributed by atoms with Gasteiger partial charge in [0.05, 0.1) is 10.5 Å². The van der Waals surface area contributed by atoms with Crippen LogP contribution in [0.25, 0.3) is 11.2 Å². The number of nitrogens with one attached hydrogen (secondary N) is 1. The smallest absolute Gasteiger partial charge is 0.304 e. The van der Waals surface area contributed by atoms with Gasteiger partial charge in [-0.3, -0.25) is 4.57 Å². The van der Waals surface area contributed by atoms with Crippen molar-refractivity contribution in [2.24, 2.45) is 7.05 Å². The van der Waals surface area contributed by atoms with Gasteiger partial charge >= 0.3 is 5.69 Å². The van der Waals surface area contributed by atoms with Crippen molar-refractivity contribution in [2.45, 2.75) is 0 Å². The molecular formula is C7H5Cl2N3O. The quantitative estimate of drug-likeness (QED) is 0.682. The number of aryl methyl sites for hydroxylation is 1. The first-order chi connectivity index (χ1) is 6.09. The molecule has 2 aromatic heterocycles. The number of fused-ring (bicyclic) bond motifs is 1. The number of hydrogen-bond acceptors (Lipinski definition) is 2. The first-order valence-electron chi connectivity index (χ1n) is 3.50. The average molecular weight is 218 g/mol. The van der Waals surface area contributed by atoms with Crippen LogP contribution >= 0.6 is 23.2 Å². The minimum absolute atomic E-state index is 0.198. The highest BCUT2D eigenvalue weighted by Crippen LogP contribution is 2.22. The summed E-state index contributed by atoms with van der Waals surface area (Å²) >= 11 is 11.4. The lowest BCUT2D eigenvalue weighted by molar-refractivity contribution is 0.879. The Labute approximate surface area is 83.1 Å². The summed E-state index contributed by atoms with van der Waals surface area (Å²) in [5.41, 5.74) is 0.849. The Morgan fingerprint density at radius 1 is 1.54 bits per heavy atom. The summed E-state index contributed by atoms with van der Waals surface area (Å²) in [4.78, 5) is 17.7. The number of H-pyrrole nitrogens is 1. The molecular weight excluding hydrogens is 213 g/mol. The van der Waals surface area contributed by atoms with Crippen LogP contribution in [0, 0.1) is 0 Å². The van der Waals surface area contributed by atoms with Gasteiger partial charge in [-0.25, -0.2) is 9.78 Å². The average Bonchev–Trinajstić information content (AvgIpc) is 2.32. The van der Waals surface area contributed by atoms with Crippen LogP contribution in [0.3, 0.4) is 0 Å². The van der Waals surface area contributed by atoms with Crippen molar-refractivity contribution < 1.29 is 0 Å². The molecule has 0 fully saturated rings. The van der Waals surface area contributed by atoms with Gasteiger partial charge in [0, 0.05) is 7.05 Å². The molecule has 0 aliphatic rings. The van der Waals surface area contributed by atoms with Gasteiger partial charge in [0.15, 0.2) is 5.65 Å². The number of hydrogen-bond donors (Lipinski definition) is 1. The molecule has 6 heteroatoms. The highest BCUT2D eigenvalue weighted by Gasteiger charge is 2.07. The third-order valence-electron chi connectivity index (χ3n) is 1.78. The van der Waals surface area contributed by atoms with Crippen LogP contribution in [0.4, 0.5) is 0 Å². The van der Waals surface area contributed by atoms with Crippen LogP contribution in [0.1, 0.15) is 0 Å². The predicted molar refractivity (Wildman–Crippen MR) is 51.4 cm³/mol. The van der Waals surface area contributed by atoms with Crippen molar-refractivity contribution in [3.63, 3.8) is 0 Å². The zero-order valence-electron chi connectivity index (χ0n) is 6.64. The van der Waals surface area contributed by atoms with E-state index in [9.17, 15) is 4.79 Å². The Morgan fingerprint density at radius 2 is 2.23 bits per heavy atom. The minimum atomic E-state index is -0.235. The van der Waals surface area contributed by atoms with Crippen molar-refractivity contribution >= 4 is 34.4 Å². The molecule has 0 aliphatic heterocycles. The molecule has 0 aromatic carbocycles. The molecule has 0 amide bonds. The summed E-state index contributed by atoms with van der Waals surface area (Å²) in [5.74, 6) is 0. The second-order valence-corrected chi connectivity index (χ2v) is 3.39. The number of rotatable bonds is 0. The second-order valence-electron chi connectivity index (χ2n) is 2.62.